The smallest absolute Gasteiger partial charge is 0.224 e. The minimum absolute atomic E-state index is 0.000854. The van der Waals surface area contributed by atoms with Gasteiger partial charge in [-0.15, -0.1) is 0 Å². The van der Waals surface area contributed by atoms with Gasteiger partial charge in [-0.1, -0.05) is 32.9 Å². The molecule has 37 heavy (non-hydrogen) atoms. The Balaban J connectivity index is 1.50. The van der Waals surface area contributed by atoms with E-state index in [0.717, 1.165) is 30.2 Å². The van der Waals surface area contributed by atoms with E-state index in [9.17, 15) is 13.9 Å². The highest BCUT2D eigenvalue weighted by Crippen LogP contribution is 2.34. The third kappa shape index (κ3) is 7.84. The summed E-state index contributed by atoms with van der Waals surface area (Å²) in [6, 6.07) is 10.7. The van der Waals surface area contributed by atoms with Crippen LogP contribution in [0.25, 0.3) is 0 Å². The van der Waals surface area contributed by atoms with E-state index in [1.165, 1.54) is 23.9 Å². The molecule has 0 bridgehead atoms. The van der Waals surface area contributed by atoms with E-state index < -0.39 is 23.8 Å². The fourth-order valence-electron chi connectivity index (χ4n) is 4.65. The van der Waals surface area contributed by atoms with Gasteiger partial charge in [0.1, 0.15) is 23.2 Å². The van der Waals surface area contributed by atoms with Crippen LogP contribution >= 0.6 is 11.6 Å². The molecular weight excluding hydrogens is 498 g/mol. The average Bonchev–Trinajstić information content (AvgIpc) is 2.80. The second-order valence-corrected chi connectivity index (χ2v) is 11.1. The standard InChI is InChI=1S/C28H33ClF2N4O2/c1-28(2,3)15-17-4-5-25-21(12-17)22(7-9-37-25)33-16-24(36)23(34-26-6-8-32-27(29)35-26)13-18-10-19(30)14-20(31)11-18/h4-6,8,10-12,14,22-24,33,36H,7,9,13,15-16H2,1-3H3,(H,32,34,35). The number of aromatic nitrogens is 2. The van der Waals surface area contributed by atoms with Crippen molar-refractivity contribution in [2.24, 2.45) is 5.41 Å². The maximum Gasteiger partial charge on any atom is 0.224 e. The van der Waals surface area contributed by atoms with Gasteiger partial charge in [-0.3, -0.25) is 0 Å². The summed E-state index contributed by atoms with van der Waals surface area (Å²) < 4.78 is 33.6. The molecule has 0 amide bonds. The molecule has 2 aromatic carbocycles. The maximum atomic E-state index is 13.8. The molecule has 0 aliphatic carbocycles. The lowest BCUT2D eigenvalue weighted by atomic mass is 9.86. The SMILES string of the molecule is CC(C)(C)Cc1ccc2c(c1)C(NCC(O)C(Cc1cc(F)cc(F)c1)Nc1ccnc(Cl)n1)CCO2. The predicted octanol–water partition coefficient (Wildman–Crippen LogP) is 5.49. The van der Waals surface area contributed by atoms with Crippen molar-refractivity contribution in [3.8, 4) is 5.75 Å². The molecule has 3 atom stereocenters. The highest BCUT2D eigenvalue weighted by Gasteiger charge is 2.26. The maximum absolute atomic E-state index is 13.8. The Morgan fingerprint density at radius 3 is 2.57 bits per heavy atom. The van der Waals surface area contributed by atoms with E-state index in [1.54, 1.807) is 6.07 Å². The van der Waals surface area contributed by atoms with Crippen molar-refractivity contribution in [2.45, 2.75) is 58.2 Å². The molecule has 4 rings (SSSR count). The van der Waals surface area contributed by atoms with Gasteiger partial charge >= 0.3 is 0 Å². The van der Waals surface area contributed by atoms with Crippen LogP contribution in [-0.2, 0) is 12.8 Å². The molecule has 0 radical (unpaired) electrons. The van der Waals surface area contributed by atoms with Crippen LogP contribution in [0.1, 0.15) is 49.9 Å². The van der Waals surface area contributed by atoms with Gasteiger partial charge < -0.3 is 20.5 Å². The molecule has 2 heterocycles. The highest BCUT2D eigenvalue weighted by molar-refractivity contribution is 6.28. The number of halogens is 3. The first-order chi connectivity index (χ1) is 17.6. The first kappa shape index (κ1) is 27.2. The Bertz CT molecular complexity index is 1200. The van der Waals surface area contributed by atoms with Crippen molar-refractivity contribution in [2.75, 3.05) is 18.5 Å². The van der Waals surface area contributed by atoms with Gasteiger partial charge in [0.2, 0.25) is 5.28 Å². The van der Waals surface area contributed by atoms with Gasteiger partial charge in [-0.25, -0.2) is 18.7 Å². The number of nitrogens with zero attached hydrogens (tertiary/aromatic N) is 2. The topological polar surface area (TPSA) is 79.3 Å². The van der Waals surface area contributed by atoms with E-state index >= 15 is 0 Å². The quantitative estimate of drug-likeness (QED) is 0.317. The minimum Gasteiger partial charge on any atom is -0.493 e. The number of fused-ring (bicyclic) bond motifs is 1. The van der Waals surface area contributed by atoms with E-state index in [1.807, 2.05) is 6.07 Å². The van der Waals surface area contributed by atoms with Gasteiger partial charge in [0.15, 0.2) is 0 Å². The van der Waals surface area contributed by atoms with E-state index in [4.69, 9.17) is 16.3 Å². The van der Waals surface area contributed by atoms with E-state index in [2.05, 4.69) is 53.5 Å². The van der Waals surface area contributed by atoms with Gasteiger partial charge in [0.25, 0.3) is 0 Å². The number of nitrogens with one attached hydrogen (secondary N) is 2. The lowest BCUT2D eigenvalue weighted by Crippen LogP contribution is -2.44. The van der Waals surface area contributed by atoms with E-state index in [0.29, 0.717) is 18.0 Å². The summed E-state index contributed by atoms with van der Waals surface area (Å²) in [7, 11) is 0. The molecule has 6 nitrogen and oxygen atoms in total. The lowest BCUT2D eigenvalue weighted by molar-refractivity contribution is 0.140. The minimum atomic E-state index is -0.913. The van der Waals surface area contributed by atoms with Crippen molar-refractivity contribution >= 4 is 17.4 Å². The number of aliphatic hydroxyl groups excluding tert-OH is 1. The molecule has 1 aliphatic rings. The molecule has 1 aromatic heterocycles. The molecule has 0 saturated carbocycles. The average molecular weight is 531 g/mol. The summed E-state index contributed by atoms with van der Waals surface area (Å²) in [5, 5.41) is 17.9. The molecule has 3 aromatic rings. The molecule has 3 N–H and O–H groups in total. The zero-order chi connectivity index (χ0) is 26.6. The summed E-state index contributed by atoms with van der Waals surface area (Å²) in [5.74, 6) is -0.0896. The molecule has 3 unspecified atom stereocenters. The number of rotatable bonds is 9. The van der Waals surface area contributed by atoms with Gasteiger partial charge in [0, 0.05) is 36.8 Å². The number of hydrogen-bond acceptors (Lipinski definition) is 6. The van der Waals surface area contributed by atoms with Gasteiger partial charge in [-0.2, -0.15) is 0 Å². The third-order valence-electron chi connectivity index (χ3n) is 6.22. The largest absolute Gasteiger partial charge is 0.493 e. The number of benzene rings is 2. The zero-order valence-corrected chi connectivity index (χ0v) is 22.0. The Morgan fingerprint density at radius 1 is 1.11 bits per heavy atom. The van der Waals surface area contributed by atoms with Crippen LogP contribution in [0.5, 0.6) is 5.75 Å². The second kappa shape index (κ2) is 11.7. The van der Waals surface area contributed by atoms with Crippen LogP contribution in [0.2, 0.25) is 5.28 Å². The molecule has 198 valence electrons. The van der Waals surface area contributed by atoms with Crippen LogP contribution < -0.4 is 15.4 Å². The molecule has 0 spiro atoms. The first-order valence-electron chi connectivity index (χ1n) is 12.4. The summed E-state index contributed by atoms with van der Waals surface area (Å²) >= 11 is 5.92. The van der Waals surface area contributed by atoms with Crippen molar-refractivity contribution in [3.05, 3.63) is 82.3 Å². The van der Waals surface area contributed by atoms with Gasteiger partial charge in [-0.05, 0) is 65.2 Å². The van der Waals surface area contributed by atoms with Crippen molar-refractivity contribution < 1.29 is 18.6 Å². The number of anilines is 1. The Morgan fingerprint density at radius 2 is 1.86 bits per heavy atom. The lowest BCUT2D eigenvalue weighted by Gasteiger charge is -2.31. The number of hydrogen-bond donors (Lipinski definition) is 3. The summed E-state index contributed by atoms with van der Waals surface area (Å²) in [4.78, 5) is 8.01. The monoisotopic (exact) mass is 530 g/mol. The van der Waals surface area contributed by atoms with Crippen molar-refractivity contribution in [3.63, 3.8) is 0 Å². The molecule has 0 saturated heterocycles. The summed E-state index contributed by atoms with van der Waals surface area (Å²) in [6.45, 7) is 7.43. The number of ether oxygens (including phenoxy) is 1. The van der Waals surface area contributed by atoms with Crippen molar-refractivity contribution in [1.82, 2.24) is 15.3 Å². The first-order valence-corrected chi connectivity index (χ1v) is 12.8. The van der Waals surface area contributed by atoms with Crippen LogP contribution in [0.15, 0.2) is 48.7 Å². The zero-order valence-electron chi connectivity index (χ0n) is 21.3. The normalized spacial score (nSPS) is 17.0. The summed E-state index contributed by atoms with van der Waals surface area (Å²) in [5.41, 5.74) is 2.87. The molecule has 1 aliphatic heterocycles. The molecule has 0 fully saturated rings. The highest BCUT2D eigenvalue weighted by atomic mass is 35.5. The summed E-state index contributed by atoms with van der Waals surface area (Å²) in [6.07, 6.45) is 2.44. The number of aliphatic hydroxyl groups is 1. The fraction of sp³-hybridized carbons (Fsp3) is 0.429. The fourth-order valence-corrected chi connectivity index (χ4v) is 4.80. The molecule has 9 heteroatoms. The Hall–Kier alpha value is -2.81. The van der Waals surface area contributed by atoms with Crippen LogP contribution in [-0.4, -0.2) is 40.4 Å². The van der Waals surface area contributed by atoms with E-state index in [-0.39, 0.29) is 29.7 Å². The van der Waals surface area contributed by atoms with Crippen LogP contribution in [0.4, 0.5) is 14.6 Å². The third-order valence-corrected chi connectivity index (χ3v) is 6.41. The van der Waals surface area contributed by atoms with Crippen LogP contribution in [0, 0.1) is 17.0 Å². The Labute approximate surface area is 221 Å². The van der Waals surface area contributed by atoms with Crippen LogP contribution in [0.3, 0.4) is 0 Å². The van der Waals surface area contributed by atoms with Crippen molar-refractivity contribution in [1.29, 1.82) is 0 Å². The molecular formula is C28H33ClF2N4O2. The van der Waals surface area contributed by atoms with Gasteiger partial charge in [0.05, 0.1) is 18.8 Å². The Kier molecular flexibility index (Phi) is 8.62. The second-order valence-electron chi connectivity index (χ2n) is 10.7. The predicted molar refractivity (Wildman–Crippen MR) is 141 cm³/mol.